The standard InChI is InChI=1S/C21H23N5O4S2/c1-13-5-6-18(17(10-13)30-2)32(28,29)25-9-3-4-14(12-25)26-19-15-7-8-22-20(15)23-11-16(19)24-21(27)31-26/h5-8,10-11,14H,3-4,9,12H2,1-2H3,(H,22,23)(H,24,27). The maximum atomic E-state index is 13.5. The van der Waals surface area contributed by atoms with E-state index in [-0.39, 0.29) is 22.7 Å². The van der Waals surface area contributed by atoms with Crippen LogP contribution in [0, 0.1) is 6.92 Å². The summed E-state index contributed by atoms with van der Waals surface area (Å²) < 4.78 is 35.8. The molecule has 3 aromatic rings. The number of carbonyl (C=O) groups is 1. The molecule has 0 spiro atoms. The molecule has 0 aliphatic carbocycles. The summed E-state index contributed by atoms with van der Waals surface area (Å²) in [7, 11) is -2.29. The lowest BCUT2D eigenvalue weighted by Crippen LogP contribution is -2.49. The van der Waals surface area contributed by atoms with Crippen LogP contribution in [0.2, 0.25) is 0 Å². The van der Waals surface area contributed by atoms with E-state index in [1.165, 1.54) is 11.4 Å². The lowest BCUT2D eigenvalue weighted by atomic mass is 10.1. The van der Waals surface area contributed by atoms with Gasteiger partial charge in [0.1, 0.15) is 16.3 Å². The number of nitrogens with zero attached hydrogens (tertiary/aromatic N) is 3. The van der Waals surface area contributed by atoms with Gasteiger partial charge in [-0.15, -0.1) is 0 Å². The van der Waals surface area contributed by atoms with Gasteiger partial charge in [-0.25, -0.2) is 13.4 Å². The van der Waals surface area contributed by atoms with E-state index in [0.29, 0.717) is 24.4 Å². The van der Waals surface area contributed by atoms with Gasteiger partial charge in [-0.2, -0.15) is 4.31 Å². The van der Waals surface area contributed by atoms with Gasteiger partial charge in [-0.05, 0) is 43.5 Å². The second-order valence-corrected chi connectivity index (χ2v) is 10.8. The third-order valence-electron chi connectivity index (χ3n) is 5.82. The van der Waals surface area contributed by atoms with Crippen LogP contribution in [-0.4, -0.2) is 54.2 Å². The van der Waals surface area contributed by atoms with E-state index in [1.54, 1.807) is 30.6 Å². The highest BCUT2D eigenvalue weighted by atomic mass is 32.2. The van der Waals surface area contributed by atoms with Crippen molar-refractivity contribution in [3.05, 3.63) is 42.2 Å². The summed E-state index contributed by atoms with van der Waals surface area (Å²) in [6, 6.07) is 6.84. The Morgan fingerprint density at radius 1 is 1.28 bits per heavy atom. The smallest absolute Gasteiger partial charge is 0.304 e. The van der Waals surface area contributed by atoms with E-state index in [4.69, 9.17) is 4.74 Å². The molecule has 1 amide bonds. The summed E-state index contributed by atoms with van der Waals surface area (Å²) in [5.41, 5.74) is 3.11. The topological polar surface area (TPSA) is 108 Å². The molecule has 2 aromatic heterocycles. The van der Waals surface area contributed by atoms with Gasteiger partial charge in [0.25, 0.3) is 0 Å². The van der Waals surface area contributed by atoms with Crippen molar-refractivity contribution in [2.45, 2.75) is 30.7 Å². The van der Waals surface area contributed by atoms with Crippen LogP contribution >= 0.6 is 11.9 Å². The van der Waals surface area contributed by atoms with Crippen molar-refractivity contribution in [2.75, 3.05) is 29.8 Å². The van der Waals surface area contributed by atoms with Crippen LogP contribution < -0.4 is 14.4 Å². The summed E-state index contributed by atoms with van der Waals surface area (Å²) in [4.78, 5) is 20.0. The quantitative estimate of drug-likeness (QED) is 0.556. The van der Waals surface area contributed by atoms with Crippen molar-refractivity contribution in [3.63, 3.8) is 0 Å². The van der Waals surface area contributed by atoms with E-state index in [1.807, 2.05) is 17.3 Å². The van der Waals surface area contributed by atoms with E-state index in [0.717, 1.165) is 40.7 Å². The van der Waals surface area contributed by atoms with Crippen LogP contribution in [0.3, 0.4) is 0 Å². The number of rotatable bonds is 4. The first-order chi connectivity index (χ1) is 15.4. The van der Waals surface area contributed by atoms with Crippen molar-refractivity contribution in [1.29, 1.82) is 0 Å². The van der Waals surface area contributed by atoms with Crippen LogP contribution in [0.5, 0.6) is 5.75 Å². The average molecular weight is 474 g/mol. The number of hydrogen-bond donors (Lipinski definition) is 2. The van der Waals surface area contributed by atoms with Gasteiger partial charge >= 0.3 is 5.24 Å². The molecule has 1 fully saturated rings. The van der Waals surface area contributed by atoms with Crippen LogP contribution in [0.25, 0.3) is 11.0 Å². The molecule has 11 heteroatoms. The lowest BCUT2D eigenvalue weighted by Gasteiger charge is -2.41. The maximum Gasteiger partial charge on any atom is 0.304 e. The Balaban J connectivity index is 1.50. The number of aromatic nitrogens is 2. The molecule has 0 bridgehead atoms. The van der Waals surface area contributed by atoms with Crippen LogP contribution in [-0.2, 0) is 10.0 Å². The summed E-state index contributed by atoms with van der Waals surface area (Å²) in [6.45, 7) is 2.58. The number of benzene rings is 1. The van der Waals surface area contributed by atoms with Crippen LogP contribution in [0.15, 0.2) is 41.6 Å². The minimum absolute atomic E-state index is 0.160. The number of piperidine rings is 1. The number of methoxy groups -OCH3 is 1. The van der Waals surface area contributed by atoms with Gasteiger partial charge in [0.15, 0.2) is 0 Å². The highest BCUT2D eigenvalue weighted by Crippen LogP contribution is 2.44. The number of nitrogens with one attached hydrogen (secondary N) is 2. The zero-order valence-electron chi connectivity index (χ0n) is 17.7. The van der Waals surface area contributed by atoms with Crippen molar-refractivity contribution >= 4 is 49.6 Å². The molecule has 1 aromatic carbocycles. The fraction of sp³-hybridized carbons (Fsp3) is 0.333. The Kier molecular flexibility index (Phi) is 5.26. The number of amides is 1. The molecular weight excluding hydrogens is 450 g/mol. The third kappa shape index (κ3) is 3.50. The first kappa shape index (κ1) is 21.1. The molecule has 9 nitrogen and oxygen atoms in total. The number of H-pyrrole nitrogens is 1. The number of carbonyl (C=O) groups excluding carboxylic acids is 1. The van der Waals surface area contributed by atoms with Crippen LogP contribution in [0.4, 0.5) is 16.2 Å². The van der Waals surface area contributed by atoms with Crippen molar-refractivity contribution in [3.8, 4) is 5.75 Å². The average Bonchev–Trinajstić information content (AvgIpc) is 3.27. The third-order valence-corrected chi connectivity index (χ3v) is 8.67. The van der Waals surface area contributed by atoms with Crippen molar-refractivity contribution in [1.82, 2.24) is 14.3 Å². The van der Waals surface area contributed by atoms with Gasteiger partial charge in [0, 0.05) is 24.7 Å². The number of pyridine rings is 1. The predicted molar refractivity (Wildman–Crippen MR) is 125 cm³/mol. The normalized spacial score (nSPS) is 19.6. The molecule has 2 N–H and O–H groups in total. The fourth-order valence-electron chi connectivity index (χ4n) is 4.31. The number of anilines is 2. The summed E-state index contributed by atoms with van der Waals surface area (Å²) >= 11 is 1.07. The maximum absolute atomic E-state index is 13.5. The molecule has 168 valence electrons. The summed E-state index contributed by atoms with van der Waals surface area (Å²) in [5.74, 6) is 0.337. The SMILES string of the molecule is COc1cc(C)ccc1S(=O)(=O)N1CCCC(N2SC(=O)Nc3cnc4[nH]ccc4c32)C1. The van der Waals surface area contributed by atoms with Gasteiger partial charge in [-0.3, -0.25) is 4.79 Å². The number of aromatic amines is 1. The molecule has 32 heavy (non-hydrogen) atoms. The predicted octanol–water partition coefficient (Wildman–Crippen LogP) is 3.73. The van der Waals surface area contributed by atoms with Gasteiger partial charge in [-0.1, -0.05) is 6.07 Å². The van der Waals surface area contributed by atoms with E-state index in [2.05, 4.69) is 15.3 Å². The Hall–Kier alpha value is -2.76. The van der Waals surface area contributed by atoms with Gasteiger partial charge < -0.3 is 19.3 Å². The number of ether oxygens (including phenoxy) is 1. The van der Waals surface area contributed by atoms with Gasteiger partial charge in [0.2, 0.25) is 10.0 Å². The molecule has 1 saturated heterocycles. The Morgan fingerprint density at radius 3 is 2.94 bits per heavy atom. The molecule has 1 unspecified atom stereocenters. The number of sulfonamides is 1. The van der Waals surface area contributed by atoms with Crippen molar-refractivity contribution in [2.24, 2.45) is 0 Å². The number of fused-ring (bicyclic) bond motifs is 3. The summed E-state index contributed by atoms with van der Waals surface area (Å²) in [5, 5.41) is 3.53. The van der Waals surface area contributed by atoms with Gasteiger partial charge in [0.05, 0.1) is 42.7 Å². The van der Waals surface area contributed by atoms with E-state index in [9.17, 15) is 13.2 Å². The summed E-state index contributed by atoms with van der Waals surface area (Å²) in [6.07, 6.45) is 4.89. The van der Waals surface area contributed by atoms with E-state index >= 15 is 0 Å². The number of aryl methyl sites for hydroxylation is 1. The number of hydrogen-bond acceptors (Lipinski definition) is 7. The molecule has 1 atom stereocenters. The Labute approximate surface area is 190 Å². The molecule has 0 radical (unpaired) electrons. The molecule has 4 heterocycles. The molecule has 5 rings (SSSR count). The molecular formula is C21H23N5O4S2. The van der Waals surface area contributed by atoms with E-state index < -0.39 is 10.0 Å². The minimum atomic E-state index is -3.76. The zero-order chi connectivity index (χ0) is 22.5. The fourth-order valence-corrected chi connectivity index (χ4v) is 6.90. The van der Waals surface area contributed by atoms with Crippen molar-refractivity contribution < 1.29 is 17.9 Å². The Morgan fingerprint density at radius 2 is 2.12 bits per heavy atom. The molecule has 0 saturated carbocycles. The zero-order valence-corrected chi connectivity index (χ0v) is 19.3. The lowest BCUT2D eigenvalue weighted by molar-refractivity contribution is 0.269. The molecule has 2 aliphatic heterocycles. The minimum Gasteiger partial charge on any atom is -0.495 e. The second-order valence-electron chi connectivity index (χ2n) is 7.90. The monoisotopic (exact) mass is 473 g/mol. The first-order valence-electron chi connectivity index (χ1n) is 10.3. The molecule has 2 aliphatic rings. The highest BCUT2D eigenvalue weighted by Gasteiger charge is 2.38. The highest BCUT2D eigenvalue weighted by molar-refractivity contribution is 8.15. The largest absolute Gasteiger partial charge is 0.495 e. The van der Waals surface area contributed by atoms with Crippen LogP contribution in [0.1, 0.15) is 18.4 Å². The first-order valence-corrected chi connectivity index (χ1v) is 12.5. The Bertz CT molecular complexity index is 1310. The second kappa shape index (κ2) is 7.98.